The first kappa shape index (κ1) is 9.69. The third-order valence-electron chi connectivity index (χ3n) is 3.66. The van der Waals surface area contributed by atoms with Gasteiger partial charge >= 0.3 is 0 Å². The molecule has 2 rings (SSSR count). The fourth-order valence-electron chi connectivity index (χ4n) is 3.01. The molecule has 0 aromatic heterocycles. The molecule has 3 nitrogen and oxygen atoms in total. The Bertz CT molecular complexity index is 272. The Hall–Kier alpha value is -0.860. The summed E-state index contributed by atoms with van der Waals surface area (Å²) in [5.41, 5.74) is 3.65. The van der Waals surface area contributed by atoms with Gasteiger partial charge in [-0.3, -0.25) is 4.79 Å². The summed E-state index contributed by atoms with van der Waals surface area (Å²) in [6.45, 7) is 3.54. The average Bonchev–Trinajstić information content (AvgIpc) is 2.74. The van der Waals surface area contributed by atoms with E-state index >= 15 is 0 Å². The molecule has 2 aliphatic carbocycles. The minimum absolute atomic E-state index is 0.0764. The second kappa shape index (κ2) is 3.71. The number of rotatable bonds is 2. The largest absolute Gasteiger partial charge is 0.274 e. The van der Waals surface area contributed by atoms with Crippen LogP contribution in [-0.2, 0) is 4.79 Å². The number of carbonyl (C=O) groups excluding carboxylic acids is 1. The van der Waals surface area contributed by atoms with Gasteiger partial charge in [-0.15, -0.1) is 0 Å². The van der Waals surface area contributed by atoms with E-state index in [1.54, 1.807) is 0 Å². The van der Waals surface area contributed by atoms with Crippen LogP contribution in [0.2, 0.25) is 0 Å². The first-order valence-corrected chi connectivity index (χ1v) is 5.47. The van der Waals surface area contributed by atoms with Gasteiger partial charge in [-0.1, -0.05) is 6.42 Å². The van der Waals surface area contributed by atoms with Crippen LogP contribution < -0.4 is 5.43 Å². The predicted molar refractivity (Wildman–Crippen MR) is 55.9 cm³/mol. The Labute approximate surface area is 85.0 Å². The standard InChI is InChI=1S/C11H18N2O/c1-7(12-13-8(2)14)11-6-9-3-4-10(11)5-9/h9-11H,3-6H2,1-2H3,(H,13,14)/b12-7+/t9-,10-,11+/m1/s1. The van der Waals surface area contributed by atoms with Crippen LogP contribution in [0.3, 0.4) is 0 Å². The highest BCUT2D eigenvalue weighted by Gasteiger charge is 2.40. The number of hydrazone groups is 1. The lowest BCUT2D eigenvalue weighted by Gasteiger charge is -2.20. The van der Waals surface area contributed by atoms with E-state index in [-0.39, 0.29) is 5.91 Å². The molecule has 0 saturated heterocycles. The first-order valence-electron chi connectivity index (χ1n) is 5.47. The molecule has 3 atom stereocenters. The van der Waals surface area contributed by atoms with E-state index in [0.29, 0.717) is 5.92 Å². The van der Waals surface area contributed by atoms with Gasteiger partial charge in [0.05, 0.1) is 0 Å². The molecule has 0 radical (unpaired) electrons. The van der Waals surface area contributed by atoms with Gasteiger partial charge in [-0.25, -0.2) is 5.43 Å². The number of nitrogens with zero attached hydrogens (tertiary/aromatic N) is 1. The number of fused-ring (bicyclic) bond motifs is 2. The molecular weight excluding hydrogens is 176 g/mol. The Balaban J connectivity index is 1.95. The summed E-state index contributed by atoms with van der Waals surface area (Å²) in [5.74, 6) is 2.35. The number of carbonyl (C=O) groups is 1. The van der Waals surface area contributed by atoms with E-state index in [0.717, 1.165) is 17.5 Å². The molecule has 2 fully saturated rings. The van der Waals surface area contributed by atoms with Crippen LogP contribution in [0.25, 0.3) is 0 Å². The summed E-state index contributed by atoms with van der Waals surface area (Å²) in [6.07, 6.45) is 5.45. The van der Waals surface area contributed by atoms with Crippen molar-refractivity contribution in [2.75, 3.05) is 0 Å². The Morgan fingerprint density at radius 2 is 2.07 bits per heavy atom. The third kappa shape index (κ3) is 1.81. The van der Waals surface area contributed by atoms with Gasteiger partial charge < -0.3 is 0 Å². The van der Waals surface area contributed by atoms with Crippen molar-refractivity contribution in [3.63, 3.8) is 0 Å². The molecule has 0 aromatic carbocycles. The Morgan fingerprint density at radius 1 is 1.29 bits per heavy atom. The van der Waals surface area contributed by atoms with Crippen molar-refractivity contribution in [2.45, 2.75) is 39.5 Å². The fraction of sp³-hybridized carbons (Fsp3) is 0.818. The highest BCUT2D eigenvalue weighted by molar-refractivity contribution is 5.86. The van der Waals surface area contributed by atoms with Crippen LogP contribution in [0, 0.1) is 17.8 Å². The summed E-state index contributed by atoms with van der Waals surface area (Å²) >= 11 is 0. The average molecular weight is 194 g/mol. The molecule has 1 amide bonds. The van der Waals surface area contributed by atoms with Crippen LogP contribution in [0.15, 0.2) is 5.10 Å². The third-order valence-corrected chi connectivity index (χ3v) is 3.66. The Morgan fingerprint density at radius 3 is 2.57 bits per heavy atom. The zero-order valence-electron chi connectivity index (χ0n) is 8.92. The fourth-order valence-corrected chi connectivity index (χ4v) is 3.01. The van der Waals surface area contributed by atoms with Crippen molar-refractivity contribution in [3.8, 4) is 0 Å². The lowest BCUT2D eigenvalue weighted by Crippen LogP contribution is -2.23. The van der Waals surface area contributed by atoms with Gasteiger partial charge in [0.1, 0.15) is 0 Å². The van der Waals surface area contributed by atoms with E-state index in [2.05, 4.69) is 10.5 Å². The van der Waals surface area contributed by atoms with Crippen LogP contribution in [0.5, 0.6) is 0 Å². The molecule has 1 N–H and O–H groups in total. The van der Waals surface area contributed by atoms with E-state index in [1.807, 2.05) is 6.92 Å². The van der Waals surface area contributed by atoms with Gasteiger partial charge in [0.25, 0.3) is 0 Å². The maximum atomic E-state index is 10.7. The van der Waals surface area contributed by atoms with Crippen molar-refractivity contribution in [2.24, 2.45) is 22.9 Å². The van der Waals surface area contributed by atoms with Gasteiger partial charge in [0.2, 0.25) is 5.91 Å². The molecule has 3 heteroatoms. The number of amides is 1. The second-order valence-electron chi connectivity index (χ2n) is 4.70. The van der Waals surface area contributed by atoms with Crippen molar-refractivity contribution >= 4 is 11.6 Å². The van der Waals surface area contributed by atoms with Crippen molar-refractivity contribution < 1.29 is 4.79 Å². The van der Waals surface area contributed by atoms with Crippen molar-refractivity contribution in [1.29, 1.82) is 0 Å². The smallest absolute Gasteiger partial charge is 0.236 e. The SMILES string of the molecule is CC(=O)N/N=C(\C)[C@@H]1C[C@@H]2CC[C@@H]1C2. The number of hydrogen-bond acceptors (Lipinski definition) is 2. The molecule has 0 aromatic rings. The monoisotopic (exact) mass is 194 g/mol. The second-order valence-corrected chi connectivity index (χ2v) is 4.70. The van der Waals surface area contributed by atoms with E-state index in [4.69, 9.17) is 0 Å². The van der Waals surface area contributed by atoms with E-state index in [9.17, 15) is 4.79 Å². The maximum absolute atomic E-state index is 10.7. The quantitative estimate of drug-likeness (QED) is 0.529. The normalized spacial score (nSPS) is 36.1. The summed E-state index contributed by atoms with van der Waals surface area (Å²) in [6, 6.07) is 0. The highest BCUT2D eigenvalue weighted by atomic mass is 16.2. The van der Waals surface area contributed by atoms with Crippen LogP contribution >= 0.6 is 0 Å². The maximum Gasteiger partial charge on any atom is 0.236 e. The highest BCUT2D eigenvalue weighted by Crippen LogP contribution is 2.48. The summed E-state index contributed by atoms with van der Waals surface area (Å²) in [5, 5.41) is 4.14. The van der Waals surface area contributed by atoms with Crippen molar-refractivity contribution in [3.05, 3.63) is 0 Å². The lowest BCUT2D eigenvalue weighted by atomic mass is 9.86. The molecule has 2 saturated carbocycles. The lowest BCUT2D eigenvalue weighted by molar-refractivity contribution is -0.118. The zero-order valence-corrected chi connectivity index (χ0v) is 8.92. The zero-order chi connectivity index (χ0) is 10.1. The predicted octanol–water partition coefficient (Wildman–Crippen LogP) is 1.93. The first-order chi connectivity index (χ1) is 6.66. The molecule has 2 bridgehead atoms. The molecule has 2 aliphatic rings. The number of hydrogen-bond donors (Lipinski definition) is 1. The van der Waals surface area contributed by atoms with Gasteiger partial charge in [0.15, 0.2) is 0 Å². The summed E-state index contributed by atoms with van der Waals surface area (Å²) in [4.78, 5) is 10.7. The van der Waals surface area contributed by atoms with Crippen LogP contribution in [-0.4, -0.2) is 11.6 Å². The van der Waals surface area contributed by atoms with E-state index in [1.165, 1.54) is 32.6 Å². The van der Waals surface area contributed by atoms with Gasteiger partial charge in [-0.2, -0.15) is 5.10 Å². The topological polar surface area (TPSA) is 41.5 Å². The molecular formula is C11H18N2O. The molecule has 0 spiro atoms. The minimum Gasteiger partial charge on any atom is -0.274 e. The molecule has 0 unspecified atom stereocenters. The van der Waals surface area contributed by atoms with Crippen LogP contribution in [0.4, 0.5) is 0 Å². The van der Waals surface area contributed by atoms with Crippen LogP contribution in [0.1, 0.15) is 39.5 Å². The molecule has 78 valence electrons. The molecule has 0 aliphatic heterocycles. The Kier molecular flexibility index (Phi) is 2.57. The molecule has 0 heterocycles. The van der Waals surface area contributed by atoms with Crippen molar-refractivity contribution in [1.82, 2.24) is 5.43 Å². The summed E-state index contributed by atoms with van der Waals surface area (Å²) < 4.78 is 0. The van der Waals surface area contributed by atoms with Gasteiger partial charge in [0, 0.05) is 18.6 Å². The molecule has 14 heavy (non-hydrogen) atoms. The van der Waals surface area contributed by atoms with Gasteiger partial charge in [-0.05, 0) is 38.0 Å². The minimum atomic E-state index is -0.0764. The van der Waals surface area contributed by atoms with E-state index < -0.39 is 0 Å². The number of nitrogens with one attached hydrogen (secondary N) is 1. The summed E-state index contributed by atoms with van der Waals surface area (Å²) in [7, 11) is 0.